The van der Waals surface area contributed by atoms with Gasteiger partial charge in [-0.05, 0) is 120 Å². The molecule has 5 aliphatic carbocycles. The first-order valence-electron chi connectivity index (χ1n) is 14.2. The maximum Gasteiger partial charge on any atom is 0.0628 e. The van der Waals surface area contributed by atoms with Crippen LogP contribution in [0.5, 0.6) is 0 Å². The molecule has 5 aliphatic rings. The van der Waals surface area contributed by atoms with Crippen molar-refractivity contribution in [2.24, 2.45) is 56.2 Å². The highest BCUT2D eigenvalue weighted by molar-refractivity contribution is 5.19. The van der Waals surface area contributed by atoms with Gasteiger partial charge in [-0.1, -0.05) is 48.5 Å². The first kappa shape index (κ1) is 24.6. The molecule has 0 aromatic carbocycles. The van der Waals surface area contributed by atoms with Crippen molar-refractivity contribution in [2.75, 3.05) is 6.61 Å². The van der Waals surface area contributed by atoms with E-state index < -0.39 is 0 Å². The topological polar surface area (TPSA) is 60.7 Å². The van der Waals surface area contributed by atoms with Gasteiger partial charge in [0.2, 0.25) is 0 Å². The fraction of sp³-hybridized carbons (Fsp3) is 1.00. The number of hydrogen-bond acceptors (Lipinski definition) is 3. The Hall–Kier alpha value is -0.120. The lowest BCUT2D eigenvalue weighted by Crippen LogP contribution is -2.69. The van der Waals surface area contributed by atoms with Gasteiger partial charge in [0, 0.05) is 6.61 Å². The number of rotatable bonds is 1. The van der Waals surface area contributed by atoms with Crippen LogP contribution in [0.1, 0.15) is 113 Å². The zero-order valence-corrected chi connectivity index (χ0v) is 22.6. The van der Waals surface area contributed by atoms with Gasteiger partial charge < -0.3 is 15.3 Å². The van der Waals surface area contributed by atoms with Gasteiger partial charge in [-0.25, -0.2) is 0 Å². The molecule has 0 bridgehead atoms. The second kappa shape index (κ2) is 7.22. The zero-order chi connectivity index (χ0) is 24.2. The lowest BCUT2D eigenvalue weighted by molar-refractivity contribution is -0.272. The fourth-order valence-electron chi connectivity index (χ4n) is 11.4. The Balaban J connectivity index is 1.55. The summed E-state index contributed by atoms with van der Waals surface area (Å²) in [7, 11) is 0. The zero-order valence-electron chi connectivity index (χ0n) is 22.6. The van der Waals surface area contributed by atoms with E-state index in [1.807, 2.05) is 0 Å². The molecule has 0 aliphatic heterocycles. The molecule has 0 aromatic rings. The Bertz CT molecular complexity index is 789. The predicted molar refractivity (Wildman–Crippen MR) is 134 cm³/mol. The van der Waals surface area contributed by atoms with Crippen LogP contribution in [-0.4, -0.2) is 34.1 Å². The minimum absolute atomic E-state index is 0.00568. The van der Waals surface area contributed by atoms with E-state index in [1.165, 1.54) is 32.1 Å². The SMILES string of the molecule is CC1(C)CC[C@]2(CO)CC[C@]3(C)C(CCC4[C@@]5(C)CC[C@H](O)C(C)(C)C5CC[C@]43C)[C@H]2[C@H]1O. The third-order valence-electron chi connectivity index (χ3n) is 13.9. The standard InChI is InChI=1S/C30H52O3/c1-25(2)14-16-30(18-31)17-15-28(6)19(23(30)24(25)33)8-9-21-27(5)12-11-22(32)26(3,4)20(27)10-13-29(21,28)7/h19-24,31-33H,8-18H2,1-7H3/t19?,20?,21?,22-,23-,24+,27-,28+,29+,30+/m0/s1. The van der Waals surface area contributed by atoms with Crippen molar-refractivity contribution in [3.63, 3.8) is 0 Å². The summed E-state index contributed by atoms with van der Waals surface area (Å²) in [5.74, 6) is 1.99. The van der Waals surface area contributed by atoms with Crippen molar-refractivity contribution < 1.29 is 15.3 Å². The van der Waals surface area contributed by atoms with E-state index in [0.717, 1.165) is 32.1 Å². The monoisotopic (exact) mass is 460 g/mol. The molecule has 3 unspecified atom stereocenters. The van der Waals surface area contributed by atoms with E-state index in [4.69, 9.17) is 0 Å². The van der Waals surface area contributed by atoms with E-state index >= 15 is 0 Å². The van der Waals surface area contributed by atoms with Crippen molar-refractivity contribution >= 4 is 0 Å². The first-order chi connectivity index (χ1) is 15.2. The van der Waals surface area contributed by atoms with E-state index in [9.17, 15) is 15.3 Å². The maximum atomic E-state index is 11.8. The van der Waals surface area contributed by atoms with Gasteiger partial charge in [-0.2, -0.15) is 0 Å². The third kappa shape index (κ3) is 2.91. The van der Waals surface area contributed by atoms with Crippen molar-refractivity contribution in [3.8, 4) is 0 Å². The minimum atomic E-state index is -0.320. The molecule has 0 saturated heterocycles. The van der Waals surface area contributed by atoms with Crippen LogP contribution in [-0.2, 0) is 0 Å². The quantitative estimate of drug-likeness (QED) is 0.437. The molecule has 3 nitrogen and oxygen atoms in total. The molecule has 5 saturated carbocycles. The van der Waals surface area contributed by atoms with Crippen molar-refractivity contribution in [2.45, 2.75) is 125 Å². The van der Waals surface area contributed by atoms with E-state index in [-0.39, 0.29) is 51.8 Å². The predicted octanol–water partition coefficient (Wildman–Crippen LogP) is 6.19. The van der Waals surface area contributed by atoms with E-state index in [0.29, 0.717) is 23.2 Å². The summed E-state index contributed by atoms with van der Waals surface area (Å²) in [6.45, 7) is 17.2. The van der Waals surface area contributed by atoms with Crippen molar-refractivity contribution in [3.05, 3.63) is 0 Å². The minimum Gasteiger partial charge on any atom is -0.396 e. The van der Waals surface area contributed by atoms with Gasteiger partial charge in [0.15, 0.2) is 0 Å². The molecule has 0 radical (unpaired) electrons. The van der Waals surface area contributed by atoms with Gasteiger partial charge in [0.25, 0.3) is 0 Å². The molecular formula is C30H52O3. The van der Waals surface area contributed by atoms with Crippen LogP contribution in [0, 0.1) is 56.2 Å². The van der Waals surface area contributed by atoms with Crippen LogP contribution in [0.3, 0.4) is 0 Å². The van der Waals surface area contributed by atoms with Gasteiger partial charge >= 0.3 is 0 Å². The molecule has 33 heavy (non-hydrogen) atoms. The first-order valence-corrected chi connectivity index (χ1v) is 14.2. The Labute approximate surface area is 203 Å². The molecule has 0 amide bonds. The summed E-state index contributed by atoms with van der Waals surface area (Å²) in [5, 5.41) is 33.3. The Morgan fingerprint density at radius 1 is 0.667 bits per heavy atom. The molecular weight excluding hydrogens is 408 g/mol. The molecule has 190 valence electrons. The summed E-state index contributed by atoms with van der Waals surface area (Å²) >= 11 is 0. The smallest absolute Gasteiger partial charge is 0.0628 e. The molecule has 3 heteroatoms. The average molecular weight is 461 g/mol. The van der Waals surface area contributed by atoms with Crippen molar-refractivity contribution in [1.82, 2.24) is 0 Å². The van der Waals surface area contributed by atoms with E-state index in [1.54, 1.807) is 0 Å². The molecule has 5 fully saturated rings. The largest absolute Gasteiger partial charge is 0.396 e. The highest BCUT2D eigenvalue weighted by Crippen LogP contribution is 2.76. The third-order valence-corrected chi connectivity index (χ3v) is 13.9. The summed E-state index contributed by atoms with van der Waals surface area (Å²) in [5.41, 5.74) is 0.616. The number of hydrogen-bond donors (Lipinski definition) is 3. The van der Waals surface area contributed by atoms with Crippen LogP contribution in [0.15, 0.2) is 0 Å². The van der Waals surface area contributed by atoms with Crippen LogP contribution < -0.4 is 0 Å². The molecule has 0 spiro atoms. The Morgan fingerprint density at radius 3 is 2.00 bits per heavy atom. The fourth-order valence-corrected chi connectivity index (χ4v) is 11.4. The molecule has 3 N–H and O–H groups in total. The maximum absolute atomic E-state index is 11.8. The number of fused-ring (bicyclic) bond motifs is 7. The summed E-state index contributed by atoms with van der Waals surface area (Å²) in [6.07, 6.45) is 10.9. The van der Waals surface area contributed by atoms with Gasteiger partial charge in [0.05, 0.1) is 12.2 Å². The number of aliphatic hydroxyl groups excluding tert-OH is 3. The summed E-state index contributed by atoms with van der Waals surface area (Å²) in [6, 6.07) is 0. The second-order valence-electron chi connectivity index (χ2n) is 15.5. The summed E-state index contributed by atoms with van der Waals surface area (Å²) < 4.78 is 0. The molecule has 10 atom stereocenters. The normalized spacial score (nSPS) is 57.3. The second-order valence-corrected chi connectivity index (χ2v) is 15.5. The molecule has 5 rings (SSSR count). The van der Waals surface area contributed by atoms with Crippen LogP contribution in [0.2, 0.25) is 0 Å². The average Bonchev–Trinajstić information content (AvgIpc) is 2.74. The van der Waals surface area contributed by atoms with Crippen molar-refractivity contribution in [1.29, 1.82) is 0 Å². The highest BCUT2D eigenvalue weighted by atomic mass is 16.3. The van der Waals surface area contributed by atoms with Crippen LogP contribution in [0.25, 0.3) is 0 Å². The lowest BCUT2D eigenvalue weighted by Gasteiger charge is -2.74. The Morgan fingerprint density at radius 2 is 1.33 bits per heavy atom. The van der Waals surface area contributed by atoms with E-state index in [2.05, 4.69) is 48.5 Å². The van der Waals surface area contributed by atoms with Crippen LogP contribution in [0.4, 0.5) is 0 Å². The summed E-state index contributed by atoms with van der Waals surface area (Å²) in [4.78, 5) is 0. The number of aliphatic hydroxyl groups is 3. The van der Waals surface area contributed by atoms with Gasteiger partial charge in [-0.15, -0.1) is 0 Å². The highest BCUT2D eigenvalue weighted by Gasteiger charge is 2.71. The van der Waals surface area contributed by atoms with Gasteiger partial charge in [-0.3, -0.25) is 0 Å². The molecule has 0 heterocycles. The van der Waals surface area contributed by atoms with Gasteiger partial charge in [0.1, 0.15) is 0 Å². The van der Waals surface area contributed by atoms with Crippen LogP contribution >= 0.6 is 0 Å². The lowest BCUT2D eigenvalue weighted by atomic mass is 9.31. The molecule has 0 aromatic heterocycles. The Kier molecular flexibility index (Phi) is 5.38.